The summed E-state index contributed by atoms with van der Waals surface area (Å²) in [6.45, 7) is 9.10. The predicted molar refractivity (Wildman–Crippen MR) is 80.2 cm³/mol. The molecule has 1 N–H and O–H groups in total. The molecule has 0 saturated heterocycles. The van der Waals surface area contributed by atoms with Gasteiger partial charge in [-0.25, -0.2) is 0 Å². The van der Waals surface area contributed by atoms with E-state index in [1.54, 1.807) is 11.3 Å². The molecule has 0 aliphatic carbocycles. The van der Waals surface area contributed by atoms with E-state index in [-0.39, 0.29) is 0 Å². The molecule has 0 amide bonds. The fourth-order valence-electron chi connectivity index (χ4n) is 1.98. The lowest BCUT2D eigenvalue weighted by Gasteiger charge is -2.04. The Morgan fingerprint density at radius 3 is 2.78 bits per heavy atom. The molecule has 0 aliphatic heterocycles. The van der Waals surface area contributed by atoms with Crippen LogP contribution < -0.4 is 5.32 Å². The van der Waals surface area contributed by atoms with Crippen LogP contribution in [-0.4, -0.2) is 16.3 Å². The smallest absolute Gasteiger partial charge is 0.0755 e. The van der Waals surface area contributed by atoms with Crippen molar-refractivity contribution in [3.63, 3.8) is 0 Å². The zero-order valence-corrected chi connectivity index (χ0v) is 13.4. The Morgan fingerprint density at radius 2 is 2.17 bits per heavy atom. The van der Waals surface area contributed by atoms with Crippen molar-refractivity contribution in [1.29, 1.82) is 0 Å². The summed E-state index contributed by atoms with van der Waals surface area (Å²) in [5.41, 5.74) is 3.72. The maximum absolute atomic E-state index is 4.64. The molecular weight excluding hydrogens is 310 g/mol. The summed E-state index contributed by atoms with van der Waals surface area (Å²) in [5, 5.41) is 8.00. The van der Waals surface area contributed by atoms with E-state index in [2.05, 4.69) is 63.9 Å². The van der Waals surface area contributed by atoms with E-state index in [9.17, 15) is 0 Å². The second-order valence-corrected chi connectivity index (χ2v) is 6.84. The Kier molecular flexibility index (Phi) is 4.59. The molecule has 0 bridgehead atoms. The lowest BCUT2D eigenvalue weighted by molar-refractivity contribution is 0.662. The van der Waals surface area contributed by atoms with Crippen molar-refractivity contribution in [2.45, 2.75) is 33.9 Å². The average Bonchev–Trinajstić information content (AvgIpc) is 2.84. The lowest BCUT2D eigenvalue weighted by atomic mass is 10.2. The number of rotatable bonds is 5. The standard InChI is InChI=1S/C13H18BrN3S/c1-4-15-7-12-9(2)16-17(10(12)3)8-11-5-6-13(14)18-11/h5-6,15H,4,7-8H2,1-3H3. The van der Waals surface area contributed by atoms with Crippen LogP contribution in [0.15, 0.2) is 15.9 Å². The third-order valence-electron chi connectivity index (χ3n) is 3.02. The van der Waals surface area contributed by atoms with Crippen molar-refractivity contribution in [2.24, 2.45) is 0 Å². The van der Waals surface area contributed by atoms with Gasteiger partial charge in [-0.3, -0.25) is 4.68 Å². The van der Waals surface area contributed by atoms with Gasteiger partial charge in [-0.2, -0.15) is 5.10 Å². The molecule has 3 nitrogen and oxygen atoms in total. The molecule has 0 unspecified atom stereocenters. The first-order chi connectivity index (χ1) is 8.61. The maximum atomic E-state index is 4.64. The largest absolute Gasteiger partial charge is 0.313 e. The minimum absolute atomic E-state index is 0.856. The molecule has 0 fully saturated rings. The average molecular weight is 328 g/mol. The highest BCUT2D eigenvalue weighted by molar-refractivity contribution is 9.11. The number of aromatic nitrogens is 2. The van der Waals surface area contributed by atoms with Crippen LogP contribution in [0.2, 0.25) is 0 Å². The second kappa shape index (κ2) is 5.99. The molecule has 2 aromatic rings. The van der Waals surface area contributed by atoms with E-state index in [1.165, 1.54) is 19.9 Å². The van der Waals surface area contributed by atoms with Crippen LogP contribution in [0.25, 0.3) is 0 Å². The highest BCUT2D eigenvalue weighted by Crippen LogP contribution is 2.23. The SMILES string of the molecule is CCNCc1c(C)nn(Cc2ccc(Br)s2)c1C. The van der Waals surface area contributed by atoms with Crippen molar-refractivity contribution >= 4 is 27.3 Å². The van der Waals surface area contributed by atoms with Gasteiger partial charge in [-0.1, -0.05) is 6.92 Å². The number of thiophene rings is 1. The topological polar surface area (TPSA) is 29.9 Å². The molecule has 2 rings (SSSR count). The Labute approximate surface area is 120 Å². The molecule has 0 radical (unpaired) electrons. The molecule has 0 saturated carbocycles. The molecule has 18 heavy (non-hydrogen) atoms. The van der Waals surface area contributed by atoms with Gasteiger partial charge in [0.2, 0.25) is 0 Å². The monoisotopic (exact) mass is 327 g/mol. The molecule has 98 valence electrons. The molecule has 0 spiro atoms. The predicted octanol–water partition coefficient (Wildman–Crippen LogP) is 3.48. The van der Waals surface area contributed by atoms with Crippen molar-refractivity contribution in [3.05, 3.63) is 37.7 Å². The lowest BCUT2D eigenvalue weighted by Crippen LogP contribution is -2.13. The van der Waals surface area contributed by atoms with Crippen LogP contribution in [0, 0.1) is 13.8 Å². The molecule has 2 aromatic heterocycles. The van der Waals surface area contributed by atoms with E-state index < -0.39 is 0 Å². The fraction of sp³-hybridized carbons (Fsp3) is 0.462. The van der Waals surface area contributed by atoms with Gasteiger partial charge in [0.1, 0.15) is 0 Å². The minimum Gasteiger partial charge on any atom is -0.313 e. The van der Waals surface area contributed by atoms with Crippen molar-refractivity contribution in [1.82, 2.24) is 15.1 Å². The van der Waals surface area contributed by atoms with Crippen LogP contribution in [0.4, 0.5) is 0 Å². The van der Waals surface area contributed by atoms with Crippen molar-refractivity contribution in [2.75, 3.05) is 6.54 Å². The van der Waals surface area contributed by atoms with Gasteiger partial charge < -0.3 is 5.32 Å². The van der Waals surface area contributed by atoms with Crippen LogP contribution in [0.5, 0.6) is 0 Å². The third kappa shape index (κ3) is 3.02. The van der Waals surface area contributed by atoms with E-state index >= 15 is 0 Å². The van der Waals surface area contributed by atoms with Crippen molar-refractivity contribution < 1.29 is 0 Å². The highest BCUT2D eigenvalue weighted by Gasteiger charge is 2.11. The second-order valence-electron chi connectivity index (χ2n) is 4.29. The van der Waals surface area contributed by atoms with Gasteiger partial charge in [-0.05, 0) is 48.5 Å². The number of aryl methyl sites for hydroxylation is 1. The zero-order chi connectivity index (χ0) is 13.1. The van der Waals surface area contributed by atoms with Gasteiger partial charge >= 0.3 is 0 Å². The highest BCUT2D eigenvalue weighted by atomic mass is 79.9. The first-order valence-electron chi connectivity index (χ1n) is 6.09. The summed E-state index contributed by atoms with van der Waals surface area (Å²) < 4.78 is 3.27. The molecule has 2 heterocycles. The van der Waals surface area contributed by atoms with E-state index in [0.717, 1.165) is 25.3 Å². The maximum Gasteiger partial charge on any atom is 0.0755 e. The van der Waals surface area contributed by atoms with E-state index in [0.29, 0.717) is 0 Å². The Balaban J connectivity index is 2.18. The number of hydrogen-bond acceptors (Lipinski definition) is 3. The number of hydrogen-bond donors (Lipinski definition) is 1. The quantitative estimate of drug-likeness (QED) is 0.911. The molecule has 0 atom stereocenters. The van der Waals surface area contributed by atoms with Gasteiger partial charge in [0.05, 0.1) is 16.0 Å². The zero-order valence-electron chi connectivity index (χ0n) is 11.0. The Morgan fingerprint density at radius 1 is 1.39 bits per heavy atom. The summed E-state index contributed by atoms with van der Waals surface area (Å²) in [6.07, 6.45) is 0. The normalized spacial score (nSPS) is 11.1. The van der Waals surface area contributed by atoms with Gasteiger partial charge in [-0.15, -0.1) is 11.3 Å². The van der Waals surface area contributed by atoms with Gasteiger partial charge in [0.25, 0.3) is 0 Å². The van der Waals surface area contributed by atoms with E-state index in [4.69, 9.17) is 0 Å². The van der Waals surface area contributed by atoms with Crippen LogP contribution in [0.1, 0.15) is 28.8 Å². The van der Waals surface area contributed by atoms with Gasteiger partial charge in [0, 0.05) is 22.7 Å². The summed E-state index contributed by atoms with van der Waals surface area (Å²) in [5.74, 6) is 0. The Bertz CT molecular complexity index is 530. The summed E-state index contributed by atoms with van der Waals surface area (Å²) >= 11 is 5.26. The van der Waals surface area contributed by atoms with Gasteiger partial charge in [0.15, 0.2) is 0 Å². The summed E-state index contributed by atoms with van der Waals surface area (Å²) in [7, 11) is 0. The summed E-state index contributed by atoms with van der Waals surface area (Å²) in [6, 6.07) is 4.24. The minimum atomic E-state index is 0.856. The first-order valence-corrected chi connectivity index (χ1v) is 7.70. The molecular formula is C13H18BrN3S. The molecule has 5 heteroatoms. The third-order valence-corrected chi connectivity index (χ3v) is 4.63. The number of nitrogens with zero attached hydrogens (tertiary/aromatic N) is 2. The van der Waals surface area contributed by atoms with Crippen LogP contribution in [-0.2, 0) is 13.1 Å². The van der Waals surface area contributed by atoms with Crippen LogP contribution >= 0.6 is 27.3 Å². The molecule has 0 aliphatic rings. The van der Waals surface area contributed by atoms with Crippen LogP contribution in [0.3, 0.4) is 0 Å². The number of halogens is 1. The van der Waals surface area contributed by atoms with Crippen molar-refractivity contribution in [3.8, 4) is 0 Å². The first kappa shape index (κ1) is 13.8. The molecule has 0 aromatic carbocycles. The summed E-state index contributed by atoms with van der Waals surface area (Å²) in [4.78, 5) is 1.32. The van der Waals surface area contributed by atoms with E-state index in [1.807, 2.05) is 0 Å². The number of nitrogens with one attached hydrogen (secondary N) is 1. The fourth-order valence-corrected chi connectivity index (χ4v) is 3.44. The Hall–Kier alpha value is -0.650.